The van der Waals surface area contributed by atoms with Crippen LogP contribution in [0.4, 0.5) is 0 Å². The third-order valence-electron chi connectivity index (χ3n) is 7.12. The van der Waals surface area contributed by atoms with Crippen LogP contribution in [0.2, 0.25) is 0 Å². The molecule has 0 saturated carbocycles. The van der Waals surface area contributed by atoms with Gasteiger partial charge in [-0.1, -0.05) is 23.8 Å². The zero-order chi connectivity index (χ0) is 24.9. The molecule has 7 nitrogen and oxygen atoms in total. The molecule has 2 aliphatic heterocycles. The molecule has 188 valence electrons. The Morgan fingerprint density at radius 3 is 2.69 bits per heavy atom. The number of nitrogens with one attached hydrogen (secondary N) is 1. The number of fused-ring (bicyclic) bond motifs is 1. The molecule has 8 heteroatoms. The van der Waals surface area contributed by atoms with Crippen LogP contribution in [0.25, 0.3) is 0 Å². The molecule has 2 heterocycles. The minimum absolute atomic E-state index is 0.0704. The fraction of sp³-hybridized carbons (Fsp3) is 0.429. The topological polar surface area (TPSA) is 74.2 Å². The van der Waals surface area contributed by atoms with Gasteiger partial charge >= 0.3 is 0 Å². The Bertz CT molecular complexity index is 1150. The highest BCUT2D eigenvalue weighted by molar-refractivity contribution is 7.80. The third kappa shape index (κ3) is 5.65. The van der Waals surface area contributed by atoms with Crippen molar-refractivity contribution in [2.75, 3.05) is 32.8 Å². The molecule has 36 heavy (non-hydrogen) atoms. The van der Waals surface area contributed by atoms with Crippen molar-refractivity contribution in [3.8, 4) is 0 Å². The molecular weight excluding hydrogens is 472 g/mol. The van der Waals surface area contributed by atoms with Gasteiger partial charge in [0.05, 0.1) is 25.5 Å². The van der Waals surface area contributed by atoms with Gasteiger partial charge in [0.1, 0.15) is 5.92 Å². The number of nitrogens with zero attached hydrogens (tertiary/aromatic N) is 3. The van der Waals surface area contributed by atoms with E-state index in [0.717, 1.165) is 43.6 Å². The zero-order valence-corrected chi connectivity index (χ0v) is 21.3. The van der Waals surface area contributed by atoms with Crippen molar-refractivity contribution in [3.63, 3.8) is 0 Å². The van der Waals surface area contributed by atoms with E-state index < -0.39 is 5.92 Å². The maximum Gasteiger partial charge on any atom is 0.251 e. The van der Waals surface area contributed by atoms with E-state index in [1.807, 2.05) is 30.4 Å². The van der Waals surface area contributed by atoms with Gasteiger partial charge in [-0.2, -0.15) is 0 Å². The lowest BCUT2D eigenvalue weighted by atomic mass is 9.93. The summed E-state index contributed by atoms with van der Waals surface area (Å²) in [6.45, 7) is 3.97. The van der Waals surface area contributed by atoms with Crippen LogP contribution in [-0.4, -0.2) is 65.3 Å². The van der Waals surface area contributed by atoms with E-state index in [9.17, 15) is 9.59 Å². The number of carbonyl (C=O) groups is 2. The first kappa shape index (κ1) is 24.6. The molecule has 0 radical (unpaired) electrons. The summed E-state index contributed by atoms with van der Waals surface area (Å²) in [7, 11) is 0. The fourth-order valence-electron chi connectivity index (χ4n) is 5.02. The summed E-state index contributed by atoms with van der Waals surface area (Å²) in [6, 6.07) is 7.36. The lowest BCUT2D eigenvalue weighted by molar-refractivity contribution is -0.129. The van der Waals surface area contributed by atoms with E-state index in [-0.39, 0.29) is 16.9 Å². The van der Waals surface area contributed by atoms with Gasteiger partial charge < -0.3 is 15.0 Å². The number of aliphatic imine (C=N–C) groups is 1. The minimum Gasteiger partial charge on any atom is -0.378 e. The van der Waals surface area contributed by atoms with Gasteiger partial charge in [0.15, 0.2) is 0 Å². The first-order chi connectivity index (χ1) is 17.6. The van der Waals surface area contributed by atoms with Crippen molar-refractivity contribution in [1.29, 1.82) is 0 Å². The van der Waals surface area contributed by atoms with Crippen molar-refractivity contribution < 1.29 is 14.3 Å². The van der Waals surface area contributed by atoms with Gasteiger partial charge in [0.25, 0.3) is 5.91 Å². The van der Waals surface area contributed by atoms with Gasteiger partial charge in [-0.3, -0.25) is 14.5 Å². The molecule has 1 aromatic rings. The highest BCUT2D eigenvalue weighted by atomic mass is 32.1. The van der Waals surface area contributed by atoms with Crippen LogP contribution in [-0.2, 0) is 16.1 Å². The predicted octanol–water partition coefficient (Wildman–Crippen LogP) is 3.78. The maximum atomic E-state index is 13.4. The van der Waals surface area contributed by atoms with Crippen LogP contribution in [0, 0.1) is 5.92 Å². The highest BCUT2D eigenvalue weighted by Crippen LogP contribution is 2.26. The number of carbonyl (C=O) groups excluding carboxylic acids is 2. The largest absolute Gasteiger partial charge is 0.378 e. The minimum atomic E-state index is -0.441. The Morgan fingerprint density at radius 2 is 1.94 bits per heavy atom. The predicted molar refractivity (Wildman–Crippen MR) is 144 cm³/mol. The monoisotopic (exact) mass is 504 g/mol. The molecule has 0 spiro atoms. The van der Waals surface area contributed by atoms with E-state index in [2.05, 4.69) is 21.3 Å². The van der Waals surface area contributed by atoms with E-state index in [1.165, 1.54) is 18.4 Å². The van der Waals surface area contributed by atoms with Crippen LogP contribution in [0.5, 0.6) is 0 Å². The van der Waals surface area contributed by atoms with Crippen molar-refractivity contribution in [2.45, 2.75) is 38.6 Å². The maximum absolute atomic E-state index is 13.4. The van der Waals surface area contributed by atoms with E-state index in [0.29, 0.717) is 37.6 Å². The summed E-state index contributed by atoms with van der Waals surface area (Å²) in [6.07, 6.45) is 13.9. The number of ether oxygens (including phenoxy) is 1. The van der Waals surface area contributed by atoms with Gasteiger partial charge in [-0.15, -0.1) is 0 Å². The number of hydrogen-bond acceptors (Lipinski definition) is 5. The molecule has 1 N–H and O–H groups in total. The summed E-state index contributed by atoms with van der Waals surface area (Å²) in [5, 5.41) is 3.29. The molecule has 1 fully saturated rings. The summed E-state index contributed by atoms with van der Waals surface area (Å²) < 4.78 is 5.45. The number of amides is 2. The molecule has 5 rings (SSSR count). The van der Waals surface area contributed by atoms with E-state index in [1.54, 1.807) is 17.0 Å². The molecule has 0 aromatic heterocycles. The molecular formula is C28H32N4O3S. The first-order valence-electron chi connectivity index (χ1n) is 12.8. The summed E-state index contributed by atoms with van der Waals surface area (Å²) in [5.74, 6) is -0.589. The molecule has 1 saturated heterocycles. The lowest BCUT2D eigenvalue weighted by Crippen LogP contribution is -2.46. The summed E-state index contributed by atoms with van der Waals surface area (Å²) in [4.78, 5) is 34.3. The number of benzene rings is 1. The lowest BCUT2D eigenvalue weighted by Gasteiger charge is -2.35. The van der Waals surface area contributed by atoms with Crippen molar-refractivity contribution in [3.05, 3.63) is 71.0 Å². The molecule has 0 bridgehead atoms. The van der Waals surface area contributed by atoms with Crippen LogP contribution < -0.4 is 5.32 Å². The van der Waals surface area contributed by atoms with Gasteiger partial charge in [0.2, 0.25) is 11.0 Å². The second-order valence-corrected chi connectivity index (χ2v) is 9.92. The highest BCUT2D eigenvalue weighted by Gasteiger charge is 2.35. The van der Waals surface area contributed by atoms with Crippen molar-refractivity contribution >= 4 is 34.9 Å². The second-order valence-electron chi connectivity index (χ2n) is 9.56. The number of thiocarbonyl (C=S) groups is 1. The zero-order valence-electron chi connectivity index (χ0n) is 20.4. The quantitative estimate of drug-likeness (QED) is 0.452. The average Bonchev–Trinajstić information content (AvgIpc) is 2.92. The molecule has 2 amide bonds. The first-order valence-corrected chi connectivity index (χ1v) is 13.2. The Morgan fingerprint density at radius 1 is 1.14 bits per heavy atom. The number of allylic oxidation sites excluding steroid dienone is 3. The molecule has 1 unspecified atom stereocenters. The van der Waals surface area contributed by atoms with Crippen LogP contribution >= 0.6 is 12.2 Å². The number of morpholine rings is 1. The third-order valence-corrected chi connectivity index (χ3v) is 7.43. The van der Waals surface area contributed by atoms with Gasteiger partial charge in [0, 0.05) is 30.9 Å². The molecule has 4 aliphatic rings. The van der Waals surface area contributed by atoms with Gasteiger partial charge in [-0.25, -0.2) is 4.99 Å². The number of hydrogen-bond donors (Lipinski definition) is 1. The molecule has 1 atom stereocenters. The SMILES string of the molecule is O=C(NCCC1=CCCCC1)c1ccc(CN2C(=O)C3C=C(N4CCOCC4)C=CC3=NC2=S)cc1. The van der Waals surface area contributed by atoms with E-state index >= 15 is 0 Å². The Hall–Kier alpha value is -3.10. The molecule has 1 aromatic carbocycles. The van der Waals surface area contributed by atoms with E-state index in [4.69, 9.17) is 17.0 Å². The van der Waals surface area contributed by atoms with Crippen molar-refractivity contribution in [2.24, 2.45) is 10.9 Å². The van der Waals surface area contributed by atoms with Crippen LogP contribution in [0.3, 0.4) is 0 Å². The van der Waals surface area contributed by atoms with Gasteiger partial charge in [-0.05, 0) is 80.2 Å². The van der Waals surface area contributed by atoms with Crippen LogP contribution in [0.1, 0.15) is 48.0 Å². The summed E-state index contributed by atoms with van der Waals surface area (Å²) in [5.41, 5.74) is 4.68. The standard InChI is InChI=1S/C28H32N4O3S/c33-26(29-13-12-20-4-2-1-3-5-20)22-8-6-21(7-9-22)19-32-27(34)24-18-23(31-14-16-35-17-15-31)10-11-25(24)30-28(32)36/h4,6-11,18,24H,1-3,5,12-17,19H2,(H,29,33). The van der Waals surface area contributed by atoms with Crippen molar-refractivity contribution in [1.82, 2.24) is 15.1 Å². The smallest absolute Gasteiger partial charge is 0.251 e. The number of rotatable bonds is 7. The normalized spacial score (nSPS) is 22.0. The fourth-order valence-corrected chi connectivity index (χ4v) is 5.28. The average molecular weight is 505 g/mol. The molecule has 2 aliphatic carbocycles. The Labute approximate surface area is 217 Å². The summed E-state index contributed by atoms with van der Waals surface area (Å²) >= 11 is 5.46. The Kier molecular flexibility index (Phi) is 7.72. The Balaban J connectivity index is 1.19. The van der Waals surface area contributed by atoms with Crippen LogP contribution in [0.15, 0.2) is 64.8 Å². The second kappa shape index (κ2) is 11.3.